The molecule has 214 valence electrons. The molecular formula is C28H24F3N3O5S2. The summed E-state index contributed by atoms with van der Waals surface area (Å²) in [6.45, 7) is 1.97. The average Bonchev–Trinajstić information content (AvgIpc) is 3.43. The van der Waals surface area contributed by atoms with Gasteiger partial charge in [-0.05, 0) is 42.8 Å². The zero-order chi connectivity index (χ0) is 29.6. The molecule has 0 fully saturated rings. The number of ether oxygens (including phenoxy) is 1. The lowest BCUT2D eigenvalue weighted by atomic mass is 10.1. The van der Waals surface area contributed by atoms with Gasteiger partial charge >= 0.3 is 12.3 Å². The number of sulfonamides is 1. The van der Waals surface area contributed by atoms with Gasteiger partial charge in [-0.25, -0.2) is 22.9 Å². The van der Waals surface area contributed by atoms with Crippen LogP contribution in [0, 0.1) is 0 Å². The Morgan fingerprint density at radius 1 is 0.951 bits per heavy atom. The maximum absolute atomic E-state index is 12.9. The van der Waals surface area contributed by atoms with Crippen LogP contribution in [0.15, 0.2) is 83.1 Å². The minimum Gasteiger partial charge on any atom is -0.449 e. The molecule has 4 aromatic rings. The Kier molecular flexibility index (Phi) is 9.08. The van der Waals surface area contributed by atoms with Crippen LogP contribution < -0.4 is 10.0 Å². The Labute approximate surface area is 238 Å². The molecule has 4 rings (SSSR count). The number of carbonyl (C=O) groups is 2. The van der Waals surface area contributed by atoms with Crippen LogP contribution in [0.2, 0.25) is 0 Å². The number of nitrogens with zero attached hydrogens (tertiary/aromatic N) is 1. The Bertz CT molecular complexity index is 1640. The molecule has 8 nitrogen and oxygen atoms in total. The number of hydrogen-bond acceptors (Lipinski definition) is 7. The molecule has 2 amide bonds. The molecule has 2 N–H and O–H groups in total. The van der Waals surface area contributed by atoms with Gasteiger partial charge in [0.25, 0.3) is 15.9 Å². The van der Waals surface area contributed by atoms with Crippen LogP contribution >= 0.6 is 11.3 Å². The highest BCUT2D eigenvalue weighted by molar-refractivity contribution is 7.90. The van der Waals surface area contributed by atoms with Crippen LogP contribution in [0.4, 0.5) is 23.7 Å². The molecule has 0 aliphatic rings. The lowest BCUT2D eigenvalue weighted by Gasteiger charge is -2.13. The van der Waals surface area contributed by atoms with Crippen LogP contribution in [0.25, 0.3) is 21.8 Å². The number of alkyl halides is 3. The molecule has 0 aliphatic heterocycles. The lowest BCUT2D eigenvalue weighted by Crippen LogP contribution is -2.32. The molecule has 1 aromatic heterocycles. The van der Waals surface area contributed by atoms with Gasteiger partial charge in [0.15, 0.2) is 0 Å². The highest BCUT2D eigenvalue weighted by atomic mass is 32.2. The van der Waals surface area contributed by atoms with E-state index in [0.717, 1.165) is 18.6 Å². The fraction of sp³-hybridized carbons (Fsp3) is 0.179. The smallest absolute Gasteiger partial charge is 0.421 e. The molecular weight excluding hydrogens is 579 g/mol. The monoisotopic (exact) mass is 603 g/mol. The number of para-hydroxylation sites is 1. The summed E-state index contributed by atoms with van der Waals surface area (Å²) in [6, 6.07) is 16.7. The maximum atomic E-state index is 12.9. The summed E-state index contributed by atoms with van der Waals surface area (Å²) < 4.78 is 70.7. The third-order valence-corrected chi connectivity index (χ3v) is 8.04. The van der Waals surface area contributed by atoms with E-state index in [1.54, 1.807) is 17.5 Å². The van der Waals surface area contributed by atoms with E-state index >= 15 is 0 Å². The zero-order valence-electron chi connectivity index (χ0n) is 21.6. The van der Waals surface area contributed by atoms with E-state index in [0.29, 0.717) is 28.2 Å². The van der Waals surface area contributed by atoms with Gasteiger partial charge in [-0.2, -0.15) is 13.2 Å². The summed E-state index contributed by atoms with van der Waals surface area (Å²) in [7, 11) is -4.33. The molecule has 0 unspecified atom stereocenters. The summed E-state index contributed by atoms with van der Waals surface area (Å²) >= 11 is 1.29. The second-order valence-corrected chi connectivity index (χ2v) is 11.2. The minimum atomic E-state index is -4.42. The van der Waals surface area contributed by atoms with Gasteiger partial charge in [-0.15, -0.1) is 11.3 Å². The van der Waals surface area contributed by atoms with Crippen LogP contribution in [0.5, 0.6) is 0 Å². The molecule has 0 aliphatic carbocycles. The summed E-state index contributed by atoms with van der Waals surface area (Å²) in [5.74, 6) is -0.589. The van der Waals surface area contributed by atoms with Crippen molar-refractivity contribution in [3.8, 4) is 21.8 Å². The second-order valence-electron chi connectivity index (χ2n) is 8.74. The van der Waals surface area contributed by atoms with Crippen molar-refractivity contribution in [3.05, 3.63) is 89.3 Å². The minimum absolute atomic E-state index is 0.0310. The van der Waals surface area contributed by atoms with Gasteiger partial charge < -0.3 is 10.1 Å². The Balaban J connectivity index is 1.45. The first-order chi connectivity index (χ1) is 19.5. The fourth-order valence-corrected chi connectivity index (χ4v) is 5.53. The largest absolute Gasteiger partial charge is 0.449 e. The topological polar surface area (TPSA) is 114 Å². The molecule has 41 heavy (non-hydrogen) atoms. The number of benzene rings is 3. The maximum Gasteiger partial charge on any atom is 0.421 e. The number of aromatic nitrogens is 1. The first kappa shape index (κ1) is 29.7. The van der Waals surface area contributed by atoms with Crippen molar-refractivity contribution in [2.75, 3.05) is 11.9 Å². The molecule has 0 saturated heterocycles. The molecule has 1 heterocycles. The molecule has 0 radical (unpaired) electrons. The summed E-state index contributed by atoms with van der Waals surface area (Å²) in [6.07, 6.45) is -4.18. The summed E-state index contributed by atoms with van der Waals surface area (Å²) in [4.78, 5) is 29.0. The number of carbonyl (C=O) groups excluding carboxylic acids is 2. The summed E-state index contributed by atoms with van der Waals surface area (Å²) in [5.41, 5.74) is 1.18. The van der Waals surface area contributed by atoms with Crippen molar-refractivity contribution in [2.24, 2.45) is 0 Å². The van der Waals surface area contributed by atoms with E-state index in [1.165, 1.54) is 59.9 Å². The van der Waals surface area contributed by atoms with Crippen molar-refractivity contribution in [1.29, 1.82) is 0 Å². The molecule has 0 spiro atoms. The van der Waals surface area contributed by atoms with Gasteiger partial charge in [0.1, 0.15) is 9.90 Å². The van der Waals surface area contributed by atoms with Gasteiger partial charge in [0.2, 0.25) is 0 Å². The Morgan fingerprint density at radius 3 is 2.27 bits per heavy atom. The van der Waals surface area contributed by atoms with Gasteiger partial charge in [0.05, 0.1) is 23.6 Å². The molecule has 0 atom stereocenters. The Hall–Kier alpha value is -4.23. The predicted octanol–water partition coefficient (Wildman–Crippen LogP) is 6.96. The van der Waals surface area contributed by atoms with E-state index in [-0.39, 0.29) is 22.8 Å². The first-order valence-corrected chi connectivity index (χ1v) is 14.7. The number of anilines is 1. The number of rotatable bonds is 9. The van der Waals surface area contributed by atoms with Gasteiger partial charge in [-0.1, -0.05) is 49.7 Å². The number of amides is 2. The van der Waals surface area contributed by atoms with Crippen molar-refractivity contribution >= 4 is 39.0 Å². The molecule has 13 heteroatoms. The third kappa shape index (κ3) is 7.50. The second kappa shape index (κ2) is 12.5. The van der Waals surface area contributed by atoms with Crippen molar-refractivity contribution in [1.82, 2.24) is 9.71 Å². The van der Waals surface area contributed by atoms with E-state index in [9.17, 15) is 31.2 Å². The number of hydrogen-bond donors (Lipinski definition) is 2. The lowest BCUT2D eigenvalue weighted by molar-refractivity contribution is -0.137. The van der Waals surface area contributed by atoms with Crippen molar-refractivity contribution < 1.29 is 35.9 Å². The quantitative estimate of drug-likeness (QED) is 0.200. The normalized spacial score (nSPS) is 11.6. The molecule has 0 saturated carbocycles. The zero-order valence-corrected chi connectivity index (χ0v) is 23.2. The van der Waals surface area contributed by atoms with Gasteiger partial charge in [-0.3, -0.25) is 4.79 Å². The fourth-order valence-electron chi connectivity index (χ4n) is 3.64. The molecule has 3 aromatic carbocycles. The number of nitrogens with one attached hydrogen (secondary N) is 2. The van der Waals surface area contributed by atoms with E-state index in [4.69, 9.17) is 4.74 Å². The van der Waals surface area contributed by atoms with Crippen molar-refractivity contribution in [2.45, 2.75) is 30.8 Å². The SMILES string of the molecule is CCCCOC(=O)NS(=O)(=O)c1ccccc1NC(=O)c1ccc(-c2nc(-c3ccc(C(F)(F)F)cc3)cs2)cc1. The highest BCUT2D eigenvalue weighted by Crippen LogP contribution is 2.33. The van der Waals surface area contributed by atoms with E-state index in [1.807, 2.05) is 11.6 Å². The van der Waals surface area contributed by atoms with Gasteiger partial charge in [0, 0.05) is 22.1 Å². The number of unbranched alkanes of at least 4 members (excludes halogenated alkanes) is 1. The van der Waals surface area contributed by atoms with E-state index < -0.39 is 33.8 Å². The number of thiazole rings is 1. The first-order valence-electron chi connectivity index (χ1n) is 12.3. The van der Waals surface area contributed by atoms with Crippen LogP contribution in [-0.2, 0) is 20.9 Å². The highest BCUT2D eigenvalue weighted by Gasteiger charge is 2.30. The standard InChI is InChI=1S/C28H24F3N3O5S2/c1-2-3-16-39-27(36)34-41(37,38)24-7-5-4-6-22(24)32-25(35)19-8-10-20(11-9-19)26-33-23(17-40-26)18-12-14-21(15-13-18)28(29,30)31/h4-15,17H,2-3,16H2,1H3,(H,32,35)(H,34,36). The van der Waals surface area contributed by atoms with Crippen LogP contribution in [0.1, 0.15) is 35.7 Å². The van der Waals surface area contributed by atoms with Crippen molar-refractivity contribution in [3.63, 3.8) is 0 Å². The third-order valence-electron chi connectivity index (χ3n) is 5.78. The Morgan fingerprint density at radius 2 is 1.61 bits per heavy atom. The molecule has 0 bridgehead atoms. The van der Waals surface area contributed by atoms with Crippen LogP contribution in [0.3, 0.4) is 0 Å². The summed E-state index contributed by atoms with van der Waals surface area (Å²) in [5, 5.41) is 4.88. The van der Waals surface area contributed by atoms with Crippen LogP contribution in [-0.4, -0.2) is 32.0 Å². The predicted molar refractivity (Wildman–Crippen MR) is 149 cm³/mol. The number of halogens is 3. The average molecular weight is 604 g/mol. The van der Waals surface area contributed by atoms with E-state index in [2.05, 4.69) is 10.3 Å².